The fourth-order valence-corrected chi connectivity index (χ4v) is 11.2. The van der Waals surface area contributed by atoms with Gasteiger partial charge in [0, 0.05) is 63.2 Å². The van der Waals surface area contributed by atoms with Gasteiger partial charge in [0.25, 0.3) is 0 Å². The lowest BCUT2D eigenvalue weighted by atomic mass is 9.77. The number of ketones is 1. The van der Waals surface area contributed by atoms with E-state index in [2.05, 4.69) is 15.2 Å². The molecule has 3 aliphatic rings. The normalized spacial score (nSPS) is 39.4. The van der Waals surface area contributed by atoms with E-state index in [1.54, 1.807) is 48.5 Å². The van der Waals surface area contributed by atoms with Crippen molar-refractivity contribution in [2.45, 2.75) is 231 Å². The molecule has 0 aliphatic carbocycles. The Morgan fingerprint density at radius 2 is 1.62 bits per heavy atom. The number of aliphatic hydroxyl groups is 5. The molecule has 5 N–H and O–H groups in total. The molecule has 3 aliphatic heterocycles. The van der Waals surface area contributed by atoms with Crippen LogP contribution in [0.4, 0.5) is 0 Å². The average Bonchev–Trinajstić information content (AvgIpc) is 3.78. The van der Waals surface area contributed by atoms with Crippen molar-refractivity contribution < 1.29 is 63.5 Å². The number of esters is 1. The van der Waals surface area contributed by atoms with Crippen molar-refractivity contribution in [1.29, 1.82) is 0 Å². The van der Waals surface area contributed by atoms with Crippen molar-refractivity contribution in [1.82, 2.24) is 24.8 Å². The first-order chi connectivity index (χ1) is 33.2. The molecule has 18 heteroatoms. The maximum absolute atomic E-state index is 14.5. The van der Waals surface area contributed by atoms with Gasteiger partial charge >= 0.3 is 5.97 Å². The van der Waals surface area contributed by atoms with Crippen LogP contribution in [-0.4, -0.2) is 180 Å². The molecule has 18 atom stereocenters. The molecule has 2 aromatic rings. The predicted molar refractivity (Wildman–Crippen MR) is 267 cm³/mol. The first-order valence-electron chi connectivity index (χ1n) is 26.0. The molecule has 0 unspecified atom stereocenters. The number of carbonyl (C=O) groups is 2. The van der Waals surface area contributed by atoms with Gasteiger partial charge in [-0.3, -0.25) is 14.4 Å². The average molecular weight is 1000 g/mol. The molecule has 0 spiro atoms. The number of Topliss-reactive ketones (excluding diaryl/α,β-unsaturated/α-hetero) is 1. The highest BCUT2D eigenvalue weighted by Gasteiger charge is 2.53. The second-order valence-corrected chi connectivity index (χ2v) is 22.2. The summed E-state index contributed by atoms with van der Waals surface area (Å²) in [6.45, 7) is 20.9. The van der Waals surface area contributed by atoms with Gasteiger partial charge in [0.2, 0.25) is 0 Å². The summed E-state index contributed by atoms with van der Waals surface area (Å²) in [7, 11) is 5.30. The zero-order valence-corrected chi connectivity index (χ0v) is 45.1. The van der Waals surface area contributed by atoms with Crippen molar-refractivity contribution >= 4 is 11.8 Å². The number of methoxy groups -OCH3 is 1. The SMILES string of the molecule is CC[C@H]1OC(=O)[C@H](C)[C@@H](O[C@H]2C[C@@](C)(OC)[C@@H](O)[C@H](C)O2)[C@H](C)[C@@H](O[C@@H]2O[C@H](C)C[C@H](N(C)Cc3ccc(-c4cn(CCCCCC(C)=O)nn4)cc3)[C@H]2O)[C@](C)(O)C[C@@H](C)CN(C)[C@H](C)[C@@H](O)[C@]1(C)O. The molecule has 71 heavy (non-hydrogen) atoms. The Hall–Kier alpha value is -2.98. The molecule has 4 heterocycles. The van der Waals surface area contributed by atoms with Crippen molar-refractivity contribution in [3.63, 3.8) is 0 Å². The third kappa shape index (κ3) is 14.7. The van der Waals surface area contributed by atoms with E-state index in [9.17, 15) is 35.1 Å². The van der Waals surface area contributed by atoms with Crippen LogP contribution >= 0.6 is 0 Å². The van der Waals surface area contributed by atoms with Crippen LogP contribution in [0.25, 0.3) is 11.3 Å². The zero-order chi connectivity index (χ0) is 52.7. The lowest BCUT2D eigenvalue weighted by Crippen LogP contribution is -2.60. The summed E-state index contributed by atoms with van der Waals surface area (Å²) in [6, 6.07) is 7.10. The minimum Gasteiger partial charge on any atom is -0.459 e. The molecule has 5 rings (SSSR count). The van der Waals surface area contributed by atoms with E-state index in [4.69, 9.17) is 28.4 Å². The van der Waals surface area contributed by atoms with Crippen LogP contribution in [0, 0.1) is 17.8 Å². The highest BCUT2D eigenvalue weighted by molar-refractivity contribution is 5.75. The smallest absolute Gasteiger partial charge is 0.311 e. The van der Waals surface area contributed by atoms with Crippen LogP contribution in [0.3, 0.4) is 0 Å². The fraction of sp³-hybridized carbons (Fsp3) is 0.811. The topological polar surface area (TPSA) is 228 Å². The second-order valence-electron chi connectivity index (χ2n) is 22.2. The second kappa shape index (κ2) is 25.0. The highest BCUT2D eigenvalue weighted by atomic mass is 16.7. The highest BCUT2D eigenvalue weighted by Crippen LogP contribution is 2.40. The maximum Gasteiger partial charge on any atom is 0.311 e. The van der Waals surface area contributed by atoms with Crippen molar-refractivity contribution in [2.24, 2.45) is 17.8 Å². The maximum atomic E-state index is 14.5. The first-order valence-corrected chi connectivity index (χ1v) is 26.0. The van der Waals surface area contributed by atoms with Crippen LogP contribution < -0.4 is 0 Å². The van der Waals surface area contributed by atoms with Gasteiger partial charge in [-0.25, -0.2) is 0 Å². The largest absolute Gasteiger partial charge is 0.459 e. The number of likely N-dealkylation sites (N-methyl/N-ethyl adjacent to an activating group) is 2. The van der Waals surface area contributed by atoms with Gasteiger partial charge in [0.1, 0.15) is 41.5 Å². The monoisotopic (exact) mass is 1000 g/mol. The summed E-state index contributed by atoms with van der Waals surface area (Å²) in [5.74, 6) is -2.56. The Bertz CT molecular complexity index is 1990. The van der Waals surface area contributed by atoms with E-state index in [1.165, 1.54) is 14.0 Å². The van der Waals surface area contributed by atoms with Crippen LogP contribution in [0.5, 0.6) is 0 Å². The van der Waals surface area contributed by atoms with Crippen LogP contribution in [0.2, 0.25) is 0 Å². The molecule has 3 fully saturated rings. The summed E-state index contributed by atoms with van der Waals surface area (Å²) < 4.78 is 40.2. The molecule has 0 saturated carbocycles. The Labute approximate surface area is 422 Å². The number of carbonyl (C=O) groups excluding carboxylic acids is 2. The van der Waals surface area contributed by atoms with Gasteiger partial charge in [0.05, 0.1) is 47.7 Å². The number of ether oxygens (including phenoxy) is 6. The molecular formula is C53H89N5O13. The van der Waals surface area contributed by atoms with Gasteiger partial charge in [-0.1, -0.05) is 56.7 Å². The number of hydrogen-bond acceptors (Lipinski definition) is 17. The fourth-order valence-electron chi connectivity index (χ4n) is 11.2. The number of rotatable bonds is 16. The summed E-state index contributed by atoms with van der Waals surface area (Å²) in [4.78, 5) is 29.8. The van der Waals surface area contributed by atoms with E-state index in [1.807, 2.05) is 74.9 Å². The standard InChI is InChI=1S/C53H89N5O13/c1-15-42-53(11,65)46(61)36(7)56(12)28-31(2)26-51(9,64)48(34(5)45(35(6)49(63)69-42)70-43-27-52(10,66-14)47(62)37(8)68-43)71-50-44(60)41(25-33(4)67-50)57(13)29-38-20-22-39(23-21-38)40-30-58(55-54-40)24-18-16-17-19-32(3)59/h20-23,30-31,33-37,41-48,50,60-62,64-65H,15-19,24-29H2,1-14H3/t31-,33-,34+,35-,36-,37+,41+,42-,43+,44-,45+,46-,47+,48-,50+,51-,52-,53-/m1/s1. The Morgan fingerprint density at radius 1 is 0.944 bits per heavy atom. The van der Waals surface area contributed by atoms with Gasteiger partial charge in [0.15, 0.2) is 12.6 Å². The number of aryl methyl sites for hydroxylation is 1. The molecule has 404 valence electrons. The number of aliphatic hydroxyl groups excluding tert-OH is 3. The summed E-state index contributed by atoms with van der Waals surface area (Å²) in [5.41, 5.74) is -1.81. The zero-order valence-electron chi connectivity index (χ0n) is 45.1. The van der Waals surface area contributed by atoms with Crippen molar-refractivity contribution in [3.05, 3.63) is 36.0 Å². The summed E-state index contributed by atoms with van der Waals surface area (Å²) in [6.07, 6.45) is -3.73. The summed E-state index contributed by atoms with van der Waals surface area (Å²) in [5, 5.41) is 68.5. The van der Waals surface area contributed by atoms with E-state index < -0.39 is 102 Å². The molecule has 1 aromatic carbocycles. The number of aromatic nitrogens is 3. The molecule has 18 nitrogen and oxygen atoms in total. The Balaban J connectivity index is 1.43. The van der Waals surface area contributed by atoms with E-state index >= 15 is 0 Å². The molecule has 3 saturated heterocycles. The minimum absolute atomic E-state index is 0.104. The Morgan fingerprint density at radius 3 is 2.25 bits per heavy atom. The summed E-state index contributed by atoms with van der Waals surface area (Å²) >= 11 is 0. The lowest BCUT2D eigenvalue weighted by molar-refractivity contribution is -0.318. The van der Waals surface area contributed by atoms with Crippen molar-refractivity contribution in [2.75, 3.05) is 27.7 Å². The predicted octanol–water partition coefficient (Wildman–Crippen LogP) is 4.88. The molecular weight excluding hydrogens is 915 g/mol. The molecule has 1 aromatic heterocycles. The van der Waals surface area contributed by atoms with E-state index in [0.717, 1.165) is 42.6 Å². The quantitative estimate of drug-likeness (QED) is 0.112. The third-order valence-corrected chi connectivity index (χ3v) is 15.7. The van der Waals surface area contributed by atoms with Gasteiger partial charge in [-0.15, -0.1) is 5.10 Å². The lowest BCUT2D eigenvalue weighted by Gasteiger charge is -2.49. The molecule has 0 amide bonds. The number of cyclic esters (lactones) is 1. The van der Waals surface area contributed by atoms with Crippen LogP contribution in [0.15, 0.2) is 30.5 Å². The molecule has 0 radical (unpaired) electrons. The molecule has 0 bridgehead atoms. The van der Waals surface area contributed by atoms with E-state index in [0.29, 0.717) is 25.9 Å². The van der Waals surface area contributed by atoms with Crippen molar-refractivity contribution in [3.8, 4) is 11.3 Å². The number of benzene rings is 1. The van der Waals surface area contributed by atoms with Crippen LogP contribution in [0.1, 0.15) is 133 Å². The van der Waals surface area contributed by atoms with Gasteiger partial charge < -0.3 is 63.6 Å². The van der Waals surface area contributed by atoms with E-state index in [-0.39, 0.29) is 37.1 Å². The third-order valence-electron chi connectivity index (χ3n) is 15.7. The number of unbranched alkanes of at least 4 members (excludes halogenated alkanes) is 2. The number of nitrogens with zero attached hydrogens (tertiary/aromatic N) is 5. The van der Waals surface area contributed by atoms with Gasteiger partial charge in [-0.05, 0) is 113 Å². The van der Waals surface area contributed by atoms with Gasteiger partial charge in [-0.2, -0.15) is 0 Å². The minimum atomic E-state index is -1.83. The van der Waals surface area contributed by atoms with Crippen LogP contribution in [-0.2, 0) is 51.1 Å². The first kappa shape index (κ1) is 58.9. The number of hydrogen-bond donors (Lipinski definition) is 5. The Kier molecular flexibility index (Phi) is 20.8.